The summed E-state index contributed by atoms with van der Waals surface area (Å²) < 4.78 is 23.4. The Balaban J connectivity index is 1.27. The van der Waals surface area contributed by atoms with E-state index in [1.165, 1.54) is 0 Å². The van der Waals surface area contributed by atoms with E-state index >= 15 is 0 Å². The van der Waals surface area contributed by atoms with Crippen molar-refractivity contribution < 1.29 is 28.8 Å². The number of carbonyl (C=O) groups is 1. The van der Waals surface area contributed by atoms with Crippen LogP contribution < -0.4 is 14.2 Å². The Morgan fingerprint density at radius 1 is 1.10 bits per heavy atom. The molecule has 1 N–H and O–H groups in total. The van der Waals surface area contributed by atoms with E-state index in [1.54, 1.807) is 30.3 Å². The molecule has 41 heavy (non-hydrogen) atoms. The number of aliphatic hydroxyl groups excluding tert-OH is 1. The third-order valence-electron chi connectivity index (χ3n) is 7.73. The number of aliphatic hydroxyl groups is 1. The van der Waals surface area contributed by atoms with Crippen molar-refractivity contribution in [1.29, 1.82) is 5.26 Å². The van der Waals surface area contributed by atoms with Crippen molar-refractivity contribution in [2.75, 3.05) is 40.0 Å². The van der Waals surface area contributed by atoms with E-state index in [0.29, 0.717) is 66.8 Å². The van der Waals surface area contributed by atoms with E-state index in [9.17, 15) is 15.2 Å². The van der Waals surface area contributed by atoms with Crippen LogP contribution in [-0.4, -0.2) is 73.1 Å². The number of β-amino-alcohol motifs (C(OH)–C–C–N with tert-alkyl or cyclic N) is 1. The zero-order valence-corrected chi connectivity index (χ0v) is 22.8. The zero-order chi connectivity index (χ0) is 28.3. The summed E-state index contributed by atoms with van der Waals surface area (Å²) in [6.45, 7) is 2.49. The van der Waals surface area contributed by atoms with Crippen molar-refractivity contribution >= 4 is 17.6 Å². The van der Waals surface area contributed by atoms with E-state index in [-0.39, 0.29) is 18.6 Å². The fourth-order valence-corrected chi connectivity index (χ4v) is 5.52. The fourth-order valence-electron chi connectivity index (χ4n) is 5.52. The molecule has 2 aromatic carbocycles. The molecule has 6 rings (SSSR count). The van der Waals surface area contributed by atoms with Crippen molar-refractivity contribution in [2.24, 2.45) is 0 Å². The van der Waals surface area contributed by atoms with Gasteiger partial charge in [-0.1, -0.05) is 12.1 Å². The van der Waals surface area contributed by atoms with Crippen LogP contribution in [0.25, 0.3) is 22.8 Å². The molecule has 0 unspecified atom stereocenters. The highest BCUT2D eigenvalue weighted by molar-refractivity contribution is 5.96. The van der Waals surface area contributed by atoms with Gasteiger partial charge in [0.25, 0.3) is 5.91 Å². The summed E-state index contributed by atoms with van der Waals surface area (Å²) in [5.74, 6) is 1.64. The molecule has 9 nitrogen and oxygen atoms in total. The van der Waals surface area contributed by atoms with Crippen LogP contribution in [0.3, 0.4) is 0 Å². The fraction of sp³-hybridized carbons (Fsp3) is 0.344. The highest BCUT2D eigenvalue weighted by Gasteiger charge is 2.27. The van der Waals surface area contributed by atoms with Crippen molar-refractivity contribution in [3.8, 4) is 34.4 Å². The number of hydrogen-bond acceptors (Lipinski definition) is 8. The highest BCUT2D eigenvalue weighted by atomic mass is 16.5. The van der Waals surface area contributed by atoms with Gasteiger partial charge in [0.05, 0.1) is 32.0 Å². The number of aromatic nitrogens is 1. The van der Waals surface area contributed by atoms with Crippen molar-refractivity contribution in [3.05, 3.63) is 71.0 Å². The Morgan fingerprint density at radius 3 is 2.71 bits per heavy atom. The van der Waals surface area contributed by atoms with E-state index in [1.807, 2.05) is 36.4 Å². The molecule has 2 saturated heterocycles. The van der Waals surface area contributed by atoms with Gasteiger partial charge in [-0.2, -0.15) is 5.26 Å². The van der Waals surface area contributed by atoms with Crippen molar-refractivity contribution in [2.45, 2.75) is 31.5 Å². The summed E-state index contributed by atoms with van der Waals surface area (Å²) in [4.78, 5) is 19.1. The van der Waals surface area contributed by atoms with Crippen LogP contribution >= 0.6 is 0 Å². The molecule has 3 aliphatic heterocycles. The second-order valence-electron chi connectivity index (χ2n) is 10.4. The SMILES string of the molecule is COc1cc(C(=O)N2CC[C@@H](O)C2)ccc1C1=Cc2nccc(-c3ccc(OC4CCOCC4)c(C#N)c3)c2OC1. The molecular weight excluding hydrogens is 522 g/mol. The monoisotopic (exact) mass is 553 g/mol. The molecule has 1 amide bonds. The van der Waals surface area contributed by atoms with E-state index < -0.39 is 6.10 Å². The van der Waals surface area contributed by atoms with Crippen LogP contribution in [0.1, 0.15) is 46.4 Å². The Labute approximate surface area is 238 Å². The van der Waals surface area contributed by atoms with Crippen LogP contribution in [0.15, 0.2) is 48.7 Å². The summed E-state index contributed by atoms with van der Waals surface area (Å²) >= 11 is 0. The van der Waals surface area contributed by atoms with E-state index in [2.05, 4.69) is 11.1 Å². The number of carbonyl (C=O) groups excluding carboxylic acids is 1. The Bertz CT molecular complexity index is 1540. The largest absolute Gasteiger partial charge is 0.496 e. The first-order valence-electron chi connectivity index (χ1n) is 13.8. The second kappa shape index (κ2) is 11.6. The van der Waals surface area contributed by atoms with Gasteiger partial charge >= 0.3 is 0 Å². The number of nitrogens with zero attached hydrogens (tertiary/aromatic N) is 3. The van der Waals surface area contributed by atoms with Gasteiger partial charge in [0.1, 0.15) is 36.0 Å². The lowest BCUT2D eigenvalue weighted by Gasteiger charge is -2.24. The zero-order valence-electron chi connectivity index (χ0n) is 22.8. The number of benzene rings is 2. The van der Waals surface area contributed by atoms with Gasteiger partial charge in [0.15, 0.2) is 5.75 Å². The number of rotatable bonds is 6. The molecule has 0 spiro atoms. The summed E-state index contributed by atoms with van der Waals surface area (Å²) in [6, 6.07) is 15.1. The molecule has 1 aromatic heterocycles. The Kier molecular flexibility index (Phi) is 7.59. The van der Waals surface area contributed by atoms with Gasteiger partial charge in [-0.15, -0.1) is 0 Å². The first-order chi connectivity index (χ1) is 20.0. The number of ether oxygens (including phenoxy) is 4. The summed E-state index contributed by atoms with van der Waals surface area (Å²) in [5, 5.41) is 19.7. The van der Waals surface area contributed by atoms with Gasteiger partial charge in [-0.3, -0.25) is 9.78 Å². The maximum atomic E-state index is 12.9. The first kappa shape index (κ1) is 26.8. The normalized spacial score (nSPS) is 18.6. The number of likely N-dealkylation sites (tertiary alicyclic amines) is 1. The lowest BCUT2D eigenvalue weighted by Crippen LogP contribution is -2.29. The Morgan fingerprint density at radius 2 is 1.95 bits per heavy atom. The van der Waals surface area contributed by atoms with Crippen LogP contribution in [0.5, 0.6) is 17.2 Å². The van der Waals surface area contributed by atoms with E-state index in [0.717, 1.165) is 35.1 Å². The van der Waals surface area contributed by atoms with Gasteiger partial charge in [-0.05, 0) is 48.4 Å². The molecule has 9 heteroatoms. The van der Waals surface area contributed by atoms with Crippen LogP contribution in [-0.2, 0) is 4.74 Å². The summed E-state index contributed by atoms with van der Waals surface area (Å²) in [6.07, 6.45) is 5.45. The second-order valence-corrected chi connectivity index (χ2v) is 10.4. The molecule has 0 radical (unpaired) electrons. The van der Waals surface area contributed by atoms with Crippen LogP contribution in [0, 0.1) is 11.3 Å². The lowest BCUT2D eigenvalue weighted by molar-refractivity contribution is 0.0254. The maximum Gasteiger partial charge on any atom is 0.254 e. The first-order valence-corrected chi connectivity index (χ1v) is 13.8. The van der Waals surface area contributed by atoms with Crippen molar-refractivity contribution in [3.63, 3.8) is 0 Å². The average Bonchev–Trinajstić information content (AvgIpc) is 3.46. The number of hydrogen-bond donors (Lipinski definition) is 1. The predicted octanol–water partition coefficient (Wildman–Crippen LogP) is 4.33. The minimum atomic E-state index is -0.475. The smallest absolute Gasteiger partial charge is 0.254 e. The van der Waals surface area contributed by atoms with Gasteiger partial charge in [0, 0.05) is 54.4 Å². The average molecular weight is 554 g/mol. The maximum absolute atomic E-state index is 12.9. The van der Waals surface area contributed by atoms with Gasteiger partial charge in [0.2, 0.25) is 0 Å². The summed E-state index contributed by atoms with van der Waals surface area (Å²) in [7, 11) is 1.57. The number of fused-ring (bicyclic) bond motifs is 1. The molecule has 0 aliphatic carbocycles. The van der Waals surface area contributed by atoms with Gasteiger partial charge < -0.3 is 29.0 Å². The molecule has 1 atom stereocenters. The molecule has 210 valence electrons. The summed E-state index contributed by atoms with van der Waals surface area (Å²) in [5.41, 5.74) is 4.99. The number of pyridine rings is 1. The predicted molar refractivity (Wildman–Crippen MR) is 152 cm³/mol. The number of nitriles is 1. The van der Waals surface area contributed by atoms with E-state index in [4.69, 9.17) is 18.9 Å². The molecule has 3 aliphatic rings. The standard InChI is InChI=1S/C32H31N3O6/c1-38-30-16-21(32(37)35-11-7-24(36)18-35)2-4-26(30)23-15-28-31(40-19-23)27(6-10-34-28)20-3-5-29(22(14-20)17-33)41-25-8-12-39-13-9-25/h2-6,10,14-16,24-25,36H,7-9,11-13,18-19H2,1H3/t24-/m1/s1. The lowest BCUT2D eigenvalue weighted by atomic mass is 9.97. The third-order valence-corrected chi connectivity index (χ3v) is 7.73. The third kappa shape index (κ3) is 5.49. The van der Waals surface area contributed by atoms with Gasteiger partial charge in [-0.25, -0.2) is 0 Å². The molecular formula is C32H31N3O6. The molecule has 2 fully saturated rings. The molecule has 0 bridgehead atoms. The molecule has 4 heterocycles. The highest BCUT2D eigenvalue weighted by Crippen LogP contribution is 2.40. The van der Waals surface area contributed by atoms with Crippen molar-refractivity contribution in [1.82, 2.24) is 9.88 Å². The topological polar surface area (TPSA) is 114 Å². The number of methoxy groups -OCH3 is 1. The minimum Gasteiger partial charge on any atom is -0.496 e. The van der Waals surface area contributed by atoms with Crippen LogP contribution in [0.4, 0.5) is 0 Å². The molecule has 0 saturated carbocycles. The molecule has 3 aromatic rings. The Hall–Kier alpha value is -4.39. The number of amides is 1. The quantitative estimate of drug-likeness (QED) is 0.480. The van der Waals surface area contributed by atoms with Crippen LogP contribution in [0.2, 0.25) is 0 Å². The minimum absolute atomic E-state index is 0.0413.